The molecule has 0 radical (unpaired) electrons. The first-order valence-corrected chi connectivity index (χ1v) is 9.76. The molecule has 0 spiro atoms. The number of hydrogen-bond donors (Lipinski definition) is 1. The second-order valence-corrected chi connectivity index (χ2v) is 7.36. The fourth-order valence-corrected chi connectivity index (χ4v) is 3.34. The van der Waals surface area contributed by atoms with E-state index < -0.39 is 40.5 Å². The molecule has 0 bridgehead atoms. The van der Waals surface area contributed by atoms with Gasteiger partial charge in [0.1, 0.15) is 17.2 Å². The first kappa shape index (κ1) is 21.7. The van der Waals surface area contributed by atoms with Crippen LogP contribution in [-0.4, -0.2) is 26.8 Å². The monoisotopic (exact) mass is 452 g/mol. The Labute approximate surface area is 178 Å². The minimum atomic E-state index is -4.55. The minimum absolute atomic E-state index is 0.0927. The molecule has 1 heterocycles. The second-order valence-electron chi connectivity index (χ2n) is 7.36. The molecule has 0 atom stereocenters. The van der Waals surface area contributed by atoms with Crippen LogP contribution in [0.1, 0.15) is 34.8 Å². The van der Waals surface area contributed by atoms with Crippen LogP contribution in [0.2, 0.25) is 0 Å². The maximum atomic E-state index is 13.7. The van der Waals surface area contributed by atoms with Crippen molar-refractivity contribution in [2.75, 3.05) is 6.54 Å². The summed E-state index contributed by atoms with van der Waals surface area (Å²) in [5.41, 5.74) is -2.00. The van der Waals surface area contributed by atoms with Crippen LogP contribution in [-0.2, 0) is 12.7 Å². The summed E-state index contributed by atoms with van der Waals surface area (Å²) in [5, 5.41) is 6.49. The minimum Gasteiger partial charge on any atom is -0.350 e. The van der Waals surface area contributed by atoms with Gasteiger partial charge in [-0.15, -0.1) is 5.10 Å². The van der Waals surface area contributed by atoms with E-state index in [1.54, 1.807) is 0 Å². The Bertz CT molecular complexity index is 1210. The normalized spacial score (nSPS) is 13.9. The Morgan fingerprint density at radius 3 is 2.38 bits per heavy atom. The molecule has 32 heavy (non-hydrogen) atoms. The third-order valence-electron chi connectivity index (χ3n) is 5.03. The number of hydrogen-bond acceptors (Lipinski definition) is 3. The fourth-order valence-electron chi connectivity index (χ4n) is 3.34. The first-order valence-electron chi connectivity index (χ1n) is 9.76. The van der Waals surface area contributed by atoms with Gasteiger partial charge in [-0.05, 0) is 37.1 Å². The lowest BCUT2D eigenvalue weighted by molar-refractivity contribution is -0.137. The van der Waals surface area contributed by atoms with Gasteiger partial charge in [-0.1, -0.05) is 18.2 Å². The molecular formula is C21H17F5N4O2. The quantitative estimate of drug-likeness (QED) is 0.579. The number of carbonyl (C=O) groups is 1. The highest BCUT2D eigenvalue weighted by Gasteiger charge is 2.33. The molecule has 0 saturated heterocycles. The van der Waals surface area contributed by atoms with Gasteiger partial charge in [0, 0.05) is 18.2 Å². The first-order chi connectivity index (χ1) is 15.2. The number of amides is 1. The van der Waals surface area contributed by atoms with Crippen LogP contribution < -0.4 is 11.0 Å². The lowest BCUT2D eigenvalue weighted by Crippen LogP contribution is -2.32. The van der Waals surface area contributed by atoms with Crippen molar-refractivity contribution >= 4 is 5.91 Å². The van der Waals surface area contributed by atoms with E-state index in [1.807, 2.05) is 0 Å². The molecule has 0 unspecified atom stereocenters. The van der Waals surface area contributed by atoms with Gasteiger partial charge in [0.2, 0.25) is 0 Å². The summed E-state index contributed by atoms with van der Waals surface area (Å²) in [6, 6.07) is 7.38. The number of aromatic nitrogens is 3. The third kappa shape index (κ3) is 4.27. The van der Waals surface area contributed by atoms with E-state index >= 15 is 0 Å². The van der Waals surface area contributed by atoms with Crippen LogP contribution in [0.25, 0.3) is 11.4 Å². The average molecular weight is 452 g/mol. The summed E-state index contributed by atoms with van der Waals surface area (Å²) in [4.78, 5) is 24.9. The van der Waals surface area contributed by atoms with E-state index in [4.69, 9.17) is 0 Å². The van der Waals surface area contributed by atoms with Crippen LogP contribution >= 0.6 is 0 Å². The number of halogens is 5. The van der Waals surface area contributed by atoms with Crippen molar-refractivity contribution < 1.29 is 26.7 Å². The predicted molar refractivity (Wildman–Crippen MR) is 104 cm³/mol. The Morgan fingerprint density at radius 1 is 1.09 bits per heavy atom. The van der Waals surface area contributed by atoms with E-state index in [1.165, 1.54) is 16.7 Å². The van der Waals surface area contributed by atoms with E-state index in [0.717, 1.165) is 35.0 Å². The highest BCUT2D eigenvalue weighted by atomic mass is 19.4. The molecule has 4 rings (SSSR count). The summed E-state index contributed by atoms with van der Waals surface area (Å²) in [6.07, 6.45) is -3.16. The molecule has 1 N–H and O–H groups in total. The van der Waals surface area contributed by atoms with Crippen LogP contribution in [0.3, 0.4) is 0 Å². The van der Waals surface area contributed by atoms with Gasteiger partial charge in [0.05, 0.1) is 12.1 Å². The molecule has 1 amide bonds. The summed E-state index contributed by atoms with van der Waals surface area (Å²) in [6.45, 7) is -0.303. The SMILES string of the molecule is O=C(NCCn1nc(-c2cccc(C(F)(F)F)c2)n(C2CC2)c1=O)c1c(F)cccc1F. The largest absolute Gasteiger partial charge is 0.416 e. The molecule has 11 heteroatoms. The van der Waals surface area contributed by atoms with E-state index in [0.29, 0.717) is 12.8 Å². The van der Waals surface area contributed by atoms with Crippen molar-refractivity contribution in [3.05, 3.63) is 75.7 Å². The van der Waals surface area contributed by atoms with Crippen LogP contribution in [0.4, 0.5) is 22.0 Å². The standard InChI is InChI=1S/C21H17F5N4O2/c22-15-5-2-6-16(23)17(15)19(31)27-9-10-29-20(32)30(14-7-8-14)18(28-29)12-3-1-4-13(11-12)21(24,25)26/h1-6,11,14H,7-10H2,(H,27,31). The Hall–Kier alpha value is -3.50. The van der Waals surface area contributed by atoms with Gasteiger partial charge in [-0.2, -0.15) is 13.2 Å². The van der Waals surface area contributed by atoms with E-state index in [-0.39, 0.29) is 30.5 Å². The fraction of sp³-hybridized carbons (Fsp3) is 0.286. The number of alkyl halides is 3. The number of benzene rings is 2. The van der Waals surface area contributed by atoms with Crippen LogP contribution in [0, 0.1) is 11.6 Å². The second kappa shape index (κ2) is 8.21. The summed E-state index contributed by atoms with van der Waals surface area (Å²) in [7, 11) is 0. The molecule has 6 nitrogen and oxygen atoms in total. The molecule has 1 saturated carbocycles. The molecule has 0 aliphatic heterocycles. The van der Waals surface area contributed by atoms with Crippen molar-refractivity contribution in [3.63, 3.8) is 0 Å². The van der Waals surface area contributed by atoms with Crippen molar-refractivity contribution in [1.29, 1.82) is 0 Å². The summed E-state index contributed by atoms with van der Waals surface area (Å²) in [5.74, 6) is -2.95. The van der Waals surface area contributed by atoms with Crippen molar-refractivity contribution in [3.8, 4) is 11.4 Å². The topological polar surface area (TPSA) is 68.9 Å². The highest BCUT2D eigenvalue weighted by Crippen LogP contribution is 2.37. The molecule has 3 aromatic rings. The molecular weight excluding hydrogens is 435 g/mol. The van der Waals surface area contributed by atoms with Gasteiger partial charge < -0.3 is 5.32 Å². The van der Waals surface area contributed by atoms with E-state index in [2.05, 4.69) is 10.4 Å². The Balaban J connectivity index is 1.56. The van der Waals surface area contributed by atoms with Gasteiger partial charge in [0.15, 0.2) is 5.82 Å². The Morgan fingerprint density at radius 2 is 1.75 bits per heavy atom. The number of rotatable bonds is 6. The van der Waals surface area contributed by atoms with Crippen molar-refractivity contribution in [1.82, 2.24) is 19.7 Å². The maximum absolute atomic E-state index is 13.7. The third-order valence-corrected chi connectivity index (χ3v) is 5.03. The van der Waals surface area contributed by atoms with Gasteiger partial charge >= 0.3 is 11.9 Å². The van der Waals surface area contributed by atoms with Gasteiger partial charge in [-0.3, -0.25) is 9.36 Å². The Kier molecular flexibility index (Phi) is 5.57. The zero-order chi connectivity index (χ0) is 23.0. The van der Waals surface area contributed by atoms with Crippen LogP contribution in [0.5, 0.6) is 0 Å². The summed E-state index contributed by atoms with van der Waals surface area (Å²) >= 11 is 0. The number of carbonyl (C=O) groups excluding carboxylic acids is 1. The van der Waals surface area contributed by atoms with Gasteiger partial charge in [0.25, 0.3) is 5.91 Å². The highest BCUT2D eigenvalue weighted by molar-refractivity contribution is 5.94. The molecule has 2 aromatic carbocycles. The predicted octanol–water partition coefficient (Wildman–Crippen LogP) is 3.77. The van der Waals surface area contributed by atoms with Gasteiger partial charge in [-0.25, -0.2) is 18.3 Å². The molecule has 168 valence electrons. The lowest BCUT2D eigenvalue weighted by atomic mass is 10.1. The number of nitrogens with one attached hydrogen (secondary N) is 1. The zero-order valence-corrected chi connectivity index (χ0v) is 16.5. The van der Waals surface area contributed by atoms with Crippen LogP contribution in [0.15, 0.2) is 47.3 Å². The van der Waals surface area contributed by atoms with E-state index in [9.17, 15) is 31.5 Å². The van der Waals surface area contributed by atoms with Crippen molar-refractivity contribution in [2.24, 2.45) is 0 Å². The summed E-state index contributed by atoms with van der Waals surface area (Å²) < 4.78 is 69.1. The molecule has 1 aliphatic carbocycles. The average Bonchev–Trinajstić information content (AvgIpc) is 3.51. The van der Waals surface area contributed by atoms with Crippen molar-refractivity contribution in [2.45, 2.75) is 31.6 Å². The molecule has 1 fully saturated rings. The zero-order valence-electron chi connectivity index (χ0n) is 16.5. The maximum Gasteiger partial charge on any atom is 0.416 e. The molecule has 1 aromatic heterocycles. The smallest absolute Gasteiger partial charge is 0.350 e. The lowest BCUT2D eigenvalue weighted by Gasteiger charge is -2.09. The number of nitrogens with zero attached hydrogens (tertiary/aromatic N) is 3. The molecule has 1 aliphatic rings.